The maximum Gasteiger partial charge on any atom is 0.414 e. The minimum Gasteiger partial charge on any atom is -0.468 e. The second-order valence-corrected chi connectivity index (χ2v) is 6.63. The number of furan rings is 1. The fraction of sp³-hybridized carbons (Fsp3) is 0.389. The first kappa shape index (κ1) is 16.9. The summed E-state index contributed by atoms with van der Waals surface area (Å²) in [6.45, 7) is 8.02. The van der Waals surface area contributed by atoms with Crippen molar-refractivity contribution in [2.75, 3.05) is 12.0 Å². The highest BCUT2D eigenvalue weighted by atomic mass is 16.6. The average Bonchev–Trinajstić information content (AvgIpc) is 2.91. The molecule has 0 aliphatic rings. The molecule has 23 heavy (non-hydrogen) atoms. The van der Waals surface area contributed by atoms with Gasteiger partial charge in [-0.3, -0.25) is 0 Å². The molecule has 1 N–H and O–H groups in total. The maximum atomic E-state index is 12.0. The van der Waals surface area contributed by atoms with Gasteiger partial charge in [0.05, 0.1) is 13.2 Å². The van der Waals surface area contributed by atoms with E-state index >= 15 is 0 Å². The molecule has 1 aromatic carbocycles. The summed E-state index contributed by atoms with van der Waals surface area (Å²) in [5, 5.41) is 9.80. The van der Waals surface area contributed by atoms with Crippen LogP contribution in [0, 0.1) is 12.3 Å². The van der Waals surface area contributed by atoms with Gasteiger partial charge in [-0.2, -0.15) is 0 Å². The van der Waals surface area contributed by atoms with E-state index < -0.39 is 12.1 Å². The van der Waals surface area contributed by atoms with Gasteiger partial charge in [-0.25, -0.2) is 9.69 Å². The summed E-state index contributed by atoms with van der Waals surface area (Å²) >= 11 is 0. The number of carboxylic acid groups (broad SMARTS) is 1. The van der Waals surface area contributed by atoms with Crippen molar-refractivity contribution in [3.05, 3.63) is 47.5 Å². The number of hydrogen-bond acceptors (Lipinski definition) is 3. The van der Waals surface area contributed by atoms with Crippen molar-refractivity contribution < 1.29 is 19.1 Å². The van der Waals surface area contributed by atoms with E-state index in [1.807, 2.05) is 52.0 Å². The zero-order valence-corrected chi connectivity index (χ0v) is 14.2. The fourth-order valence-corrected chi connectivity index (χ4v) is 2.76. The number of ether oxygens (including phenoxy) is 1. The normalized spacial score (nSPS) is 12.7. The zero-order valence-electron chi connectivity index (χ0n) is 14.2. The van der Waals surface area contributed by atoms with Gasteiger partial charge >= 0.3 is 6.09 Å². The molecule has 1 unspecified atom stereocenters. The summed E-state index contributed by atoms with van der Waals surface area (Å²) in [6.07, 6.45) is -1.07. The molecule has 124 valence electrons. The summed E-state index contributed by atoms with van der Waals surface area (Å²) in [5.41, 5.74) is 1.68. The molecule has 0 saturated heterocycles. The summed E-state index contributed by atoms with van der Waals surface area (Å²) in [6, 6.07) is 10.7. The van der Waals surface area contributed by atoms with Crippen LogP contribution < -0.4 is 9.64 Å². The van der Waals surface area contributed by atoms with Crippen LogP contribution >= 0.6 is 0 Å². The Kier molecular flexibility index (Phi) is 4.68. The summed E-state index contributed by atoms with van der Waals surface area (Å²) < 4.78 is 10.5. The minimum atomic E-state index is -1.07. The Morgan fingerprint density at radius 1 is 1.26 bits per heavy atom. The van der Waals surface area contributed by atoms with Gasteiger partial charge in [0, 0.05) is 12.1 Å². The smallest absolute Gasteiger partial charge is 0.414 e. The molecule has 1 amide bonds. The minimum absolute atomic E-state index is 0.246. The summed E-state index contributed by atoms with van der Waals surface area (Å²) in [5.74, 6) is 0.527. The van der Waals surface area contributed by atoms with Crippen molar-refractivity contribution >= 4 is 12.0 Å². The van der Waals surface area contributed by atoms with Gasteiger partial charge in [0.2, 0.25) is 5.88 Å². The van der Waals surface area contributed by atoms with Gasteiger partial charge in [0.1, 0.15) is 0 Å². The predicted molar refractivity (Wildman–Crippen MR) is 89.1 cm³/mol. The highest BCUT2D eigenvalue weighted by Gasteiger charge is 2.37. The molecule has 0 bridgehead atoms. The van der Waals surface area contributed by atoms with Crippen molar-refractivity contribution in [2.45, 2.75) is 33.7 Å². The Balaban J connectivity index is 2.56. The Morgan fingerprint density at radius 3 is 2.43 bits per heavy atom. The van der Waals surface area contributed by atoms with E-state index in [9.17, 15) is 9.90 Å². The molecule has 2 aromatic rings. The molecule has 0 aliphatic carbocycles. The van der Waals surface area contributed by atoms with Gasteiger partial charge in [0.15, 0.2) is 0 Å². The number of benzene rings is 1. The third kappa shape index (κ3) is 3.67. The van der Waals surface area contributed by atoms with Crippen LogP contribution in [0.4, 0.5) is 10.7 Å². The first-order chi connectivity index (χ1) is 10.7. The van der Waals surface area contributed by atoms with Crippen molar-refractivity contribution in [3.63, 3.8) is 0 Å². The lowest BCUT2D eigenvalue weighted by Gasteiger charge is -2.37. The SMILES string of the molecule is COc1ccc(N(C(=O)O)C(c2cccc(C)c2)C(C)(C)C)o1. The monoisotopic (exact) mass is 317 g/mol. The third-order valence-electron chi connectivity index (χ3n) is 3.65. The highest BCUT2D eigenvalue weighted by molar-refractivity contribution is 5.85. The van der Waals surface area contributed by atoms with Gasteiger partial charge < -0.3 is 14.3 Å². The number of nitrogens with zero attached hydrogens (tertiary/aromatic N) is 1. The standard InChI is InChI=1S/C18H23NO4/c1-12-7-6-8-13(11-12)16(18(2,3)4)19(17(20)21)14-9-10-15(22-5)23-14/h6-11,16H,1-5H3,(H,20,21). The molecule has 0 saturated carbocycles. The lowest BCUT2D eigenvalue weighted by molar-refractivity contribution is 0.185. The van der Waals surface area contributed by atoms with Gasteiger partial charge in [-0.1, -0.05) is 50.6 Å². The lowest BCUT2D eigenvalue weighted by atomic mass is 9.81. The van der Waals surface area contributed by atoms with Crippen molar-refractivity contribution in [2.24, 2.45) is 5.41 Å². The first-order valence-corrected chi connectivity index (χ1v) is 7.46. The van der Waals surface area contributed by atoms with Crippen LogP contribution in [0.2, 0.25) is 0 Å². The zero-order chi connectivity index (χ0) is 17.2. The lowest BCUT2D eigenvalue weighted by Crippen LogP contribution is -2.40. The molecule has 2 rings (SSSR count). The number of rotatable bonds is 4. The van der Waals surface area contributed by atoms with Crippen LogP contribution in [0.15, 0.2) is 40.8 Å². The van der Waals surface area contributed by atoms with E-state index in [1.54, 1.807) is 12.1 Å². The van der Waals surface area contributed by atoms with Crippen LogP contribution in [0.3, 0.4) is 0 Å². The second kappa shape index (κ2) is 6.36. The van der Waals surface area contributed by atoms with E-state index in [1.165, 1.54) is 12.0 Å². The van der Waals surface area contributed by atoms with Crippen molar-refractivity contribution in [1.29, 1.82) is 0 Å². The predicted octanol–water partition coefficient (Wildman–Crippen LogP) is 4.87. The van der Waals surface area contributed by atoms with Crippen LogP contribution in [0.1, 0.15) is 37.9 Å². The topological polar surface area (TPSA) is 62.9 Å². The number of carbonyl (C=O) groups is 1. The van der Waals surface area contributed by atoms with Crippen molar-refractivity contribution in [1.82, 2.24) is 0 Å². The second-order valence-electron chi connectivity index (χ2n) is 6.63. The van der Waals surface area contributed by atoms with Crippen LogP contribution in [-0.2, 0) is 0 Å². The average molecular weight is 317 g/mol. The number of methoxy groups -OCH3 is 1. The molecule has 0 fully saturated rings. The van der Waals surface area contributed by atoms with Gasteiger partial charge in [-0.15, -0.1) is 0 Å². The van der Waals surface area contributed by atoms with E-state index in [0.29, 0.717) is 0 Å². The van der Waals surface area contributed by atoms with E-state index in [-0.39, 0.29) is 17.2 Å². The molecule has 1 heterocycles. The summed E-state index contributed by atoms with van der Waals surface area (Å²) in [4.78, 5) is 13.2. The maximum absolute atomic E-state index is 12.0. The molecule has 5 heteroatoms. The highest BCUT2D eigenvalue weighted by Crippen LogP contribution is 2.42. The molecule has 0 spiro atoms. The Bertz CT molecular complexity index is 684. The van der Waals surface area contributed by atoms with E-state index in [2.05, 4.69) is 0 Å². The van der Waals surface area contributed by atoms with E-state index in [0.717, 1.165) is 11.1 Å². The Morgan fingerprint density at radius 2 is 1.96 bits per heavy atom. The number of hydrogen-bond donors (Lipinski definition) is 1. The molecule has 1 atom stereocenters. The summed E-state index contributed by atoms with van der Waals surface area (Å²) in [7, 11) is 1.48. The van der Waals surface area contributed by atoms with Crippen LogP contribution in [0.5, 0.6) is 5.95 Å². The Labute approximate surface area is 136 Å². The molecule has 1 aromatic heterocycles. The number of aryl methyl sites for hydroxylation is 1. The largest absolute Gasteiger partial charge is 0.468 e. The van der Waals surface area contributed by atoms with Crippen molar-refractivity contribution in [3.8, 4) is 5.95 Å². The molecular weight excluding hydrogens is 294 g/mol. The number of amides is 1. The first-order valence-electron chi connectivity index (χ1n) is 7.46. The molecule has 0 radical (unpaired) electrons. The third-order valence-corrected chi connectivity index (χ3v) is 3.65. The molecular formula is C18H23NO4. The fourth-order valence-electron chi connectivity index (χ4n) is 2.76. The Hall–Kier alpha value is -2.43. The van der Waals surface area contributed by atoms with Crippen LogP contribution in [0.25, 0.3) is 0 Å². The van der Waals surface area contributed by atoms with Gasteiger partial charge in [0.25, 0.3) is 5.95 Å². The van der Waals surface area contributed by atoms with Gasteiger partial charge in [-0.05, 0) is 17.9 Å². The molecule has 0 aliphatic heterocycles. The molecule has 5 nitrogen and oxygen atoms in total. The van der Waals surface area contributed by atoms with Crippen LogP contribution in [-0.4, -0.2) is 18.3 Å². The van der Waals surface area contributed by atoms with E-state index in [4.69, 9.17) is 9.15 Å². The quantitative estimate of drug-likeness (QED) is 0.874. The number of anilines is 1.